The quantitative estimate of drug-likeness (QED) is 0.895. The fraction of sp³-hybridized carbons (Fsp3) is 0.533. The van der Waals surface area contributed by atoms with Crippen molar-refractivity contribution in [1.29, 1.82) is 0 Å². The number of amides is 1. The Kier molecular flexibility index (Phi) is 5.35. The van der Waals surface area contributed by atoms with E-state index in [0.29, 0.717) is 31.2 Å². The third-order valence-electron chi connectivity index (χ3n) is 3.61. The molecule has 1 aromatic carbocycles. The lowest BCUT2D eigenvalue weighted by atomic mass is 9.98. The van der Waals surface area contributed by atoms with Crippen LogP contribution in [0, 0.1) is 11.7 Å². The molecule has 1 heterocycles. The van der Waals surface area contributed by atoms with Crippen molar-refractivity contribution in [2.75, 3.05) is 26.3 Å². The number of nitrogens with zero attached hydrogens (tertiary/aromatic N) is 1. The summed E-state index contributed by atoms with van der Waals surface area (Å²) >= 11 is 0. The van der Waals surface area contributed by atoms with Crippen LogP contribution in [0.1, 0.15) is 19.3 Å². The maximum Gasteiger partial charge on any atom is 0.225 e. The van der Waals surface area contributed by atoms with Crippen molar-refractivity contribution < 1.29 is 19.0 Å². The van der Waals surface area contributed by atoms with Crippen LogP contribution in [-0.4, -0.2) is 42.2 Å². The van der Waals surface area contributed by atoms with Crippen LogP contribution < -0.4 is 4.74 Å². The van der Waals surface area contributed by atoms with Crippen LogP contribution in [-0.2, 0) is 4.79 Å². The second-order valence-electron chi connectivity index (χ2n) is 5.06. The van der Waals surface area contributed by atoms with E-state index in [1.54, 1.807) is 17.0 Å². The van der Waals surface area contributed by atoms with E-state index in [0.717, 1.165) is 12.8 Å². The first-order valence-corrected chi connectivity index (χ1v) is 6.96. The van der Waals surface area contributed by atoms with Gasteiger partial charge in [-0.25, -0.2) is 4.39 Å². The first-order valence-electron chi connectivity index (χ1n) is 6.96. The highest BCUT2D eigenvalue weighted by Gasteiger charge is 2.21. The molecule has 0 aliphatic carbocycles. The van der Waals surface area contributed by atoms with Gasteiger partial charge in [0.1, 0.15) is 11.6 Å². The summed E-state index contributed by atoms with van der Waals surface area (Å²) in [5.41, 5.74) is 0. The van der Waals surface area contributed by atoms with E-state index in [-0.39, 0.29) is 24.9 Å². The van der Waals surface area contributed by atoms with Gasteiger partial charge in [-0.2, -0.15) is 0 Å². The lowest BCUT2D eigenvalue weighted by molar-refractivity contribution is -0.133. The summed E-state index contributed by atoms with van der Waals surface area (Å²) in [6.45, 7) is 1.85. The van der Waals surface area contributed by atoms with Crippen LogP contribution in [0.2, 0.25) is 0 Å². The van der Waals surface area contributed by atoms with E-state index in [1.165, 1.54) is 12.1 Å². The summed E-state index contributed by atoms with van der Waals surface area (Å²) in [5, 5.41) is 9.05. The monoisotopic (exact) mass is 281 g/mol. The third kappa shape index (κ3) is 4.20. The van der Waals surface area contributed by atoms with Crippen LogP contribution in [0.25, 0.3) is 0 Å². The molecule has 0 aromatic heterocycles. The van der Waals surface area contributed by atoms with Crippen LogP contribution in [0.3, 0.4) is 0 Å². The van der Waals surface area contributed by atoms with Gasteiger partial charge in [0.25, 0.3) is 0 Å². The number of rotatable bonds is 5. The minimum atomic E-state index is -0.347. The fourth-order valence-corrected chi connectivity index (χ4v) is 2.34. The van der Waals surface area contributed by atoms with Crippen molar-refractivity contribution in [2.45, 2.75) is 19.3 Å². The summed E-state index contributed by atoms with van der Waals surface area (Å²) in [6, 6.07) is 5.90. The molecule has 4 nitrogen and oxygen atoms in total. The highest BCUT2D eigenvalue weighted by Crippen LogP contribution is 2.17. The SMILES string of the molecule is O=C(CCOc1cccc(F)c1)N1CCC(CO)CC1. The van der Waals surface area contributed by atoms with Gasteiger partial charge in [0.15, 0.2) is 0 Å². The maximum atomic E-state index is 12.9. The van der Waals surface area contributed by atoms with Gasteiger partial charge in [-0.05, 0) is 30.9 Å². The highest BCUT2D eigenvalue weighted by molar-refractivity contribution is 5.76. The van der Waals surface area contributed by atoms with Gasteiger partial charge in [0.05, 0.1) is 13.0 Å². The molecule has 0 bridgehead atoms. The number of hydrogen-bond acceptors (Lipinski definition) is 3. The van der Waals surface area contributed by atoms with Gasteiger partial charge in [-0.15, -0.1) is 0 Å². The number of piperidine rings is 1. The van der Waals surface area contributed by atoms with Gasteiger partial charge < -0.3 is 14.7 Å². The van der Waals surface area contributed by atoms with Crippen LogP contribution in [0.4, 0.5) is 4.39 Å². The summed E-state index contributed by atoms with van der Waals surface area (Å²) in [4.78, 5) is 13.8. The summed E-state index contributed by atoms with van der Waals surface area (Å²) in [6.07, 6.45) is 2.00. The summed E-state index contributed by atoms with van der Waals surface area (Å²) in [5.74, 6) is 0.470. The number of aliphatic hydroxyl groups is 1. The van der Waals surface area contributed by atoms with E-state index >= 15 is 0 Å². The Morgan fingerprint density at radius 3 is 2.80 bits per heavy atom. The van der Waals surface area contributed by atoms with E-state index in [4.69, 9.17) is 9.84 Å². The van der Waals surface area contributed by atoms with E-state index < -0.39 is 0 Å². The van der Waals surface area contributed by atoms with Crippen LogP contribution in [0.5, 0.6) is 5.75 Å². The van der Waals surface area contributed by atoms with Crippen molar-refractivity contribution in [3.8, 4) is 5.75 Å². The number of carbonyl (C=O) groups excluding carboxylic acids is 1. The molecule has 0 radical (unpaired) electrons. The Morgan fingerprint density at radius 1 is 1.40 bits per heavy atom. The second-order valence-corrected chi connectivity index (χ2v) is 5.06. The topological polar surface area (TPSA) is 49.8 Å². The smallest absolute Gasteiger partial charge is 0.225 e. The molecule has 1 aliphatic rings. The molecule has 1 aliphatic heterocycles. The summed E-state index contributed by atoms with van der Waals surface area (Å²) in [7, 11) is 0. The van der Waals surface area contributed by atoms with Gasteiger partial charge in [0.2, 0.25) is 5.91 Å². The van der Waals surface area contributed by atoms with Crippen molar-refractivity contribution in [2.24, 2.45) is 5.92 Å². The molecule has 0 unspecified atom stereocenters. The Balaban J connectivity index is 1.70. The largest absolute Gasteiger partial charge is 0.493 e. The number of likely N-dealkylation sites (tertiary alicyclic amines) is 1. The van der Waals surface area contributed by atoms with Crippen LogP contribution >= 0.6 is 0 Å². The first kappa shape index (κ1) is 14.8. The summed E-state index contributed by atoms with van der Waals surface area (Å²) < 4.78 is 18.3. The zero-order valence-electron chi connectivity index (χ0n) is 11.4. The lowest BCUT2D eigenvalue weighted by Crippen LogP contribution is -2.39. The molecule has 1 aromatic rings. The number of carbonyl (C=O) groups is 1. The van der Waals surface area contributed by atoms with Gasteiger partial charge in [-0.3, -0.25) is 4.79 Å². The van der Waals surface area contributed by atoms with Gasteiger partial charge in [0, 0.05) is 25.8 Å². The third-order valence-corrected chi connectivity index (χ3v) is 3.61. The highest BCUT2D eigenvalue weighted by atomic mass is 19.1. The Morgan fingerprint density at radius 2 is 2.15 bits per heavy atom. The number of halogens is 1. The van der Waals surface area contributed by atoms with Crippen molar-refractivity contribution in [1.82, 2.24) is 4.90 Å². The molecular weight excluding hydrogens is 261 g/mol. The van der Waals surface area contributed by atoms with E-state index in [9.17, 15) is 9.18 Å². The molecule has 1 N–H and O–H groups in total. The molecule has 1 fully saturated rings. The maximum absolute atomic E-state index is 12.9. The molecule has 0 saturated carbocycles. The molecule has 1 amide bonds. The minimum Gasteiger partial charge on any atom is -0.493 e. The average Bonchev–Trinajstić information content (AvgIpc) is 2.47. The predicted molar refractivity (Wildman–Crippen MR) is 72.9 cm³/mol. The predicted octanol–water partition coefficient (Wildman–Crippen LogP) is 1.83. The zero-order chi connectivity index (χ0) is 14.4. The average molecular weight is 281 g/mol. The van der Waals surface area contributed by atoms with Crippen molar-refractivity contribution in [3.63, 3.8) is 0 Å². The Hall–Kier alpha value is -1.62. The molecule has 110 valence electrons. The molecule has 20 heavy (non-hydrogen) atoms. The molecular formula is C15H20FNO3. The molecule has 1 saturated heterocycles. The standard InChI is InChI=1S/C15H20FNO3/c16-13-2-1-3-14(10-13)20-9-6-15(19)17-7-4-12(11-18)5-8-17/h1-3,10,12,18H,4-9,11H2. The number of aliphatic hydroxyl groups excluding tert-OH is 1. The molecule has 5 heteroatoms. The number of benzene rings is 1. The molecule has 0 atom stereocenters. The molecule has 2 rings (SSSR count). The van der Waals surface area contributed by atoms with Crippen LogP contribution in [0.15, 0.2) is 24.3 Å². The van der Waals surface area contributed by atoms with E-state index in [2.05, 4.69) is 0 Å². The molecule has 0 spiro atoms. The Bertz CT molecular complexity index is 444. The van der Waals surface area contributed by atoms with Gasteiger partial charge in [-0.1, -0.05) is 6.07 Å². The van der Waals surface area contributed by atoms with Gasteiger partial charge >= 0.3 is 0 Å². The lowest BCUT2D eigenvalue weighted by Gasteiger charge is -2.31. The normalized spacial score (nSPS) is 16.2. The zero-order valence-corrected chi connectivity index (χ0v) is 11.4. The van der Waals surface area contributed by atoms with E-state index in [1.807, 2.05) is 0 Å². The number of hydrogen-bond donors (Lipinski definition) is 1. The first-order chi connectivity index (χ1) is 9.69. The van der Waals surface area contributed by atoms with Crippen molar-refractivity contribution >= 4 is 5.91 Å². The van der Waals surface area contributed by atoms with Crippen molar-refractivity contribution in [3.05, 3.63) is 30.1 Å². The minimum absolute atomic E-state index is 0.0535. The Labute approximate surface area is 118 Å². The fourth-order valence-electron chi connectivity index (χ4n) is 2.34. The second kappa shape index (κ2) is 7.24. The number of ether oxygens (including phenoxy) is 1.